The molecule has 0 saturated carbocycles. The maximum absolute atomic E-state index is 12.6. The molecule has 120 valence electrons. The molecule has 1 aromatic rings. The van der Waals surface area contributed by atoms with E-state index in [1.165, 1.54) is 15.6 Å². The van der Waals surface area contributed by atoms with E-state index >= 15 is 0 Å². The molecule has 0 unspecified atom stereocenters. The Balaban J connectivity index is 2.00. The minimum atomic E-state index is -3.35. The van der Waals surface area contributed by atoms with Gasteiger partial charge in [0.1, 0.15) is 4.21 Å². The summed E-state index contributed by atoms with van der Waals surface area (Å²) >= 11 is 1.38. The largest absolute Gasteiger partial charge is 0.381 e. The second-order valence-electron chi connectivity index (χ2n) is 5.42. The summed E-state index contributed by atoms with van der Waals surface area (Å²) in [5, 5.41) is 3.08. The lowest BCUT2D eigenvalue weighted by molar-refractivity contribution is 0.0620. The molecule has 1 aliphatic rings. The molecule has 0 amide bonds. The summed E-state index contributed by atoms with van der Waals surface area (Å²) in [5.74, 6) is 0.405. The van der Waals surface area contributed by atoms with Crippen LogP contribution in [-0.2, 0) is 21.2 Å². The molecule has 0 spiro atoms. The maximum atomic E-state index is 12.6. The van der Waals surface area contributed by atoms with Gasteiger partial charge in [-0.3, -0.25) is 0 Å². The zero-order chi connectivity index (χ0) is 15.3. The Labute approximate surface area is 131 Å². The topological polar surface area (TPSA) is 58.6 Å². The van der Waals surface area contributed by atoms with Crippen LogP contribution in [-0.4, -0.2) is 53.1 Å². The van der Waals surface area contributed by atoms with Crippen LogP contribution in [0, 0.1) is 5.92 Å². The second-order valence-corrected chi connectivity index (χ2v) is 8.86. The van der Waals surface area contributed by atoms with Crippen LogP contribution in [0.2, 0.25) is 0 Å². The van der Waals surface area contributed by atoms with E-state index in [0.717, 1.165) is 43.9 Å². The number of hydrogen-bond acceptors (Lipinski definition) is 5. The van der Waals surface area contributed by atoms with Crippen molar-refractivity contribution in [1.29, 1.82) is 0 Å². The van der Waals surface area contributed by atoms with E-state index in [9.17, 15) is 8.42 Å². The van der Waals surface area contributed by atoms with Crippen molar-refractivity contribution in [2.45, 2.75) is 23.5 Å². The van der Waals surface area contributed by atoms with E-state index in [-0.39, 0.29) is 0 Å². The number of hydrogen-bond donors (Lipinski definition) is 1. The lowest BCUT2D eigenvalue weighted by Gasteiger charge is -2.26. The summed E-state index contributed by atoms with van der Waals surface area (Å²) in [5.41, 5.74) is 0. The van der Waals surface area contributed by atoms with Gasteiger partial charge in [-0.25, -0.2) is 8.42 Å². The van der Waals surface area contributed by atoms with Gasteiger partial charge in [0.15, 0.2) is 0 Å². The fourth-order valence-electron chi connectivity index (χ4n) is 2.42. The molecule has 0 aromatic carbocycles. The van der Waals surface area contributed by atoms with Gasteiger partial charge in [-0.2, -0.15) is 4.31 Å². The number of thiophene rings is 1. The van der Waals surface area contributed by atoms with E-state index in [1.807, 2.05) is 13.1 Å². The van der Waals surface area contributed by atoms with Crippen LogP contribution in [0.1, 0.15) is 17.7 Å². The molecule has 1 saturated heterocycles. The Kier molecular flexibility index (Phi) is 6.19. The van der Waals surface area contributed by atoms with Crippen molar-refractivity contribution >= 4 is 21.4 Å². The van der Waals surface area contributed by atoms with Gasteiger partial charge in [0, 0.05) is 31.7 Å². The Hall–Kier alpha value is -0.470. The monoisotopic (exact) mass is 332 g/mol. The molecule has 0 radical (unpaired) electrons. The average molecular weight is 332 g/mol. The van der Waals surface area contributed by atoms with Crippen LogP contribution in [0.5, 0.6) is 0 Å². The van der Waals surface area contributed by atoms with Gasteiger partial charge in [-0.05, 0) is 50.9 Å². The smallest absolute Gasteiger partial charge is 0.252 e. The van der Waals surface area contributed by atoms with E-state index in [4.69, 9.17) is 4.74 Å². The van der Waals surface area contributed by atoms with Crippen molar-refractivity contribution in [2.24, 2.45) is 5.92 Å². The molecule has 1 aliphatic heterocycles. The molecular weight excluding hydrogens is 308 g/mol. The van der Waals surface area contributed by atoms with Crippen LogP contribution < -0.4 is 5.32 Å². The third-order valence-corrected chi connectivity index (χ3v) is 7.21. The van der Waals surface area contributed by atoms with E-state index in [2.05, 4.69) is 5.32 Å². The molecule has 5 nitrogen and oxygen atoms in total. The van der Waals surface area contributed by atoms with Crippen molar-refractivity contribution in [1.82, 2.24) is 9.62 Å². The number of rotatable bonds is 7. The Morgan fingerprint density at radius 2 is 2.10 bits per heavy atom. The van der Waals surface area contributed by atoms with Gasteiger partial charge < -0.3 is 10.1 Å². The van der Waals surface area contributed by atoms with E-state index in [0.29, 0.717) is 16.7 Å². The highest BCUT2D eigenvalue weighted by Crippen LogP contribution is 2.26. The summed E-state index contributed by atoms with van der Waals surface area (Å²) in [6.45, 7) is 2.92. The summed E-state index contributed by atoms with van der Waals surface area (Å²) in [4.78, 5) is 1.10. The lowest BCUT2D eigenvalue weighted by Crippen LogP contribution is -2.33. The van der Waals surface area contributed by atoms with Crippen molar-refractivity contribution < 1.29 is 13.2 Å². The van der Waals surface area contributed by atoms with Crippen molar-refractivity contribution in [3.05, 3.63) is 17.0 Å². The normalized spacial score (nSPS) is 17.5. The predicted molar refractivity (Wildman–Crippen MR) is 85.3 cm³/mol. The minimum Gasteiger partial charge on any atom is -0.381 e. The van der Waals surface area contributed by atoms with Crippen LogP contribution in [0.15, 0.2) is 16.3 Å². The van der Waals surface area contributed by atoms with Gasteiger partial charge in [-0.15, -0.1) is 11.3 Å². The van der Waals surface area contributed by atoms with Gasteiger partial charge in [0.05, 0.1) is 0 Å². The fraction of sp³-hybridized carbons (Fsp3) is 0.714. The molecule has 2 heterocycles. The zero-order valence-corrected chi connectivity index (χ0v) is 14.3. The highest BCUT2D eigenvalue weighted by molar-refractivity contribution is 7.91. The van der Waals surface area contributed by atoms with Crippen molar-refractivity contribution in [2.75, 3.05) is 40.4 Å². The third kappa shape index (κ3) is 4.50. The molecule has 21 heavy (non-hydrogen) atoms. The summed E-state index contributed by atoms with van der Waals surface area (Å²) in [6, 6.07) is 3.64. The van der Waals surface area contributed by atoms with Crippen LogP contribution >= 0.6 is 11.3 Å². The van der Waals surface area contributed by atoms with E-state index in [1.54, 1.807) is 13.1 Å². The number of likely N-dealkylation sites (N-methyl/N-ethyl adjacent to an activating group) is 1. The quantitative estimate of drug-likeness (QED) is 0.823. The van der Waals surface area contributed by atoms with Crippen LogP contribution in [0.4, 0.5) is 0 Å². The van der Waals surface area contributed by atoms with Gasteiger partial charge in [-0.1, -0.05) is 0 Å². The molecule has 1 N–H and O–H groups in total. The Bertz CT molecular complexity index is 536. The third-order valence-electron chi connectivity index (χ3n) is 3.78. The first-order valence-electron chi connectivity index (χ1n) is 7.31. The molecule has 7 heteroatoms. The molecule has 2 rings (SSSR count). The number of ether oxygens (including phenoxy) is 1. The summed E-state index contributed by atoms with van der Waals surface area (Å²) in [7, 11) is 0.222. The minimum absolute atomic E-state index is 0.405. The number of sulfonamides is 1. The summed E-state index contributed by atoms with van der Waals surface area (Å²) < 4.78 is 32.4. The molecule has 1 fully saturated rings. The van der Waals surface area contributed by atoms with Crippen LogP contribution in [0.25, 0.3) is 0 Å². The lowest BCUT2D eigenvalue weighted by atomic mass is 10.0. The number of nitrogens with zero attached hydrogens (tertiary/aromatic N) is 1. The first-order valence-corrected chi connectivity index (χ1v) is 9.57. The standard InChI is InChI=1S/C14H24N2O3S2/c1-15-8-5-13-3-4-14(20-13)21(17,18)16(2)11-12-6-9-19-10-7-12/h3-4,12,15H,5-11H2,1-2H3. The van der Waals surface area contributed by atoms with Crippen LogP contribution in [0.3, 0.4) is 0 Å². The van der Waals surface area contributed by atoms with Gasteiger partial charge in [0.2, 0.25) is 0 Å². The van der Waals surface area contributed by atoms with Crippen molar-refractivity contribution in [3.63, 3.8) is 0 Å². The van der Waals surface area contributed by atoms with Crippen molar-refractivity contribution in [3.8, 4) is 0 Å². The number of nitrogens with one attached hydrogen (secondary N) is 1. The average Bonchev–Trinajstić information content (AvgIpc) is 2.95. The molecule has 1 aromatic heterocycles. The molecule has 0 bridgehead atoms. The highest BCUT2D eigenvalue weighted by atomic mass is 32.2. The molecule has 0 atom stereocenters. The second kappa shape index (κ2) is 7.69. The van der Waals surface area contributed by atoms with Gasteiger partial charge >= 0.3 is 0 Å². The molecule has 0 aliphatic carbocycles. The van der Waals surface area contributed by atoms with E-state index < -0.39 is 10.0 Å². The Morgan fingerprint density at radius 3 is 2.76 bits per heavy atom. The Morgan fingerprint density at radius 1 is 1.38 bits per heavy atom. The first-order chi connectivity index (χ1) is 10.0. The first kappa shape index (κ1) is 16.9. The summed E-state index contributed by atoms with van der Waals surface area (Å²) in [6.07, 6.45) is 2.75. The zero-order valence-electron chi connectivity index (χ0n) is 12.7. The maximum Gasteiger partial charge on any atom is 0.252 e. The highest BCUT2D eigenvalue weighted by Gasteiger charge is 2.26. The fourth-order valence-corrected chi connectivity index (χ4v) is 5.24. The van der Waals surface area contributed by atoms with Gasteiger partial charge in [0.25, 0.3) is 10.0 Å². The predicted octanol–water partition coefficient (Wildman–Crippen LogP) is 1.56. The molecular formula is C14H24N2O3S2. The SMILES string of the molecule is CNCCc1ccc(S(=O)(=O)N(C)CC2CCOCC2)s1.